The van der Waals surface area contributed by atoms with Gasteiger partial charge >= 0.3 is 0 Å². The molecule has 0 fully saturated rings. The van der Waals surface area contributed by atoms with E-state index in [4.69, 9.17) is 0 Å². The van der Waals surface area contributed by atoms with Crippen LogP contribution >= 0.6 is 0 Å². The predicted octanol–water partition coefficient (Wildman–Crippen LogP) is 4.05. The zero-order valence-corrected chi connectivity index (χ0v) is 13.0. The Morgan fingerprint density at radius 1 is 1.00 bits per heavy atom. The Labute approximate surface area is 127 Å². The van der Waals surface area contributed by atoms with Crippen molar-refractivity contribution < 1.29 is 4.79 Å². The molecule has 2 nitrogen and oxygen atoms in total. The minimum Gasteiger partial charge on any atom is -0.349 e. The summed E-state index contributed by atoms with van der Waals surface area (Å²) in [5.41, 5.74) is 3.42. The topological polar surface area (TPSA) is 29.1 Å². The molecule has 21 heavy (non-hydrogen) atoms. The van der Waals surface area contributed by atoms with Crippen LogP contribution in [0.2, 0.25) is 0 Å². The van der Waals surface area contributed by atoms with Gasteiger partial charge in [-0.2, -0.15) is 0 Å². The zero-order valence-electron chi connectivity index (χ0n) is 13.0. The third-order valence-electron chi connectivity index (χ3n) is 3.63. The average molecular weight is 281 g/mol. The fraction of sp³-hybridized carbons (Fsp3) is 0.316. The standard InChI is InChI=1S/C19H23NO/c1-14(2)19(17-7-5-4-6-8-17)20-18(21)13-16-11-9-15(3)10-12-16/h4-12,14,19H,13H2,1-3H3,(H,20,21). The normalized spacial score (nSPS) is 12.2. The van der Waals surface area contributed by atoms with Gasteiger partial charge in [0, 0.05) is 0 Å². The van der Waals surface area contributed by atoms with Crippen LogP contribution in [0, 0.1) is 12.8 Å². The Balaban J connectivity index is 2.03. The number of benzene rings is 2. The number of rotatable bonds is 5. The maximum Gasteiger partial charge on any atom is 0.224 e. The molecule has 1 N–H and O–H groups in total. The van der Waals surface area contributed by atoms with E-state index in [1.807, 2.05) is 49.4 Å². The van der Waals surface area contributed by atoms with E-state index in [2.05, 4.69) is 31.3 Å². The number of hydrogen-bond acceptors (Lipinski definition) is 1. The highest BCUT2D eigenvalue weighted by molar-refractivity contribution is 5.79. The number of nitrogens with one attached hydrogen (secondary N) is 1. The van der Waals surface area contributed by atoms with Crippen molar-refractivity contribution >= 4 is 5.91 Å². The molecule has 0 radical (unpaired) electrons. The van der Waals surface area contributed by atoms with Crippen molar-refractivity contribution in [3.8, 4) is 0 Å². The number of carbonyl (C=O) groups is 1. The van der Waals surface area contributed by atoms with E-state index in [-0.39, 0.29) is 11.9 Å². The first-order valence-electron chi connectivity index (χ1n) is 7.46. The quantitative estimate of drug-likeness (QED) is 0.880. The smallest absolute Gasteiger partial charge is 0.224 e. The fourth-order valence-corrected chi connectivity index (χ4v) is 2.41. The van der Waals surface area contributed by atoms with E-state index < -0.39 is 0 Å². The molecule has 2 aromatic carbocycles. The molecule has 110 valence electrons. The molecule has 2 rings (SSSR count). The first-order valence-corrected chi connectivity index (χ1v) is 7.46. The largest absolute Gasteiger partial charge is 0.349 e. The molecular weight excluding hydrogens is 258 g/mol. The molecule has 1 unspecified atom stereocenters. The lowest BCUT2D eigenvalue weighted by Crippen LogP contribution is -2.32. The summed E-state index contributed by atoms with van der Waals surface area (Å²) in [4.78, 5) is 12.3. The second-order valence-electron chi connectivity index (χ2n) is 5.86. The summed E-state index contributed by atoms with van der Waals surface area (Å²) in [5.74, 6) is 0.427. The minimum atomic E-state index is 0.0594. The molecule has 0 aliphatic rings. The Morgan fingerprint density at radius 3 is 2.19 bits per heavy atom. The number of carbonyl (C=O) groups excluding carboxylic acids is 1. The molecule has 0 saturated carbocycles. The second kappa shape index (κ2) is 7.07. The van der Waals surface area contributed by atoms with Gasteiger partial charge in [-0.15, -0.1) is 0 Å². The molecule has 0 aromatic heterocycles. The van der Waals surface area contributed by atoms with Gasteiger partial charge in [-0.05, 0) is 24.0 Å². The maximum absolute atomic E-state index is 12.3. The molecule has 0 aliphatic carbocycles. The van der Waals surface area contributed by atoms with Crippen LogP contribution in [0.3, 0.4) is 0 Å². The van der Waals surface area contributed by atoms with Crippen LogP contribution in [0.1, 0.15) is 36.6 Å². The summed E-state index contributed by atoms with van der Waals surface area (Å²) >= 11 is 0. The molecule has 1 amide bonds. The number of aryl methyl sites for hydroxylation is 1. The summed E-state index contributed by atoms with van der Waals surface area (Å²) in [6, 6.07) is 18.3. The second-order valence-corrected chi connectivity index (χ2v) is 5.86. The molecule has 0 heterocycles. The van der Waals surface area contributed by atoms with Gasteiger partial charge < -0.3 is 5.32 Å². The van der Waals surface area contributed by atoms with Crippen molar-refractivity contribution in [1.82, 2.24) is 5.32 Å². The minimum absolute atomic E-state index is 0.0594. The summed E-state index contributed by atoms with van der Waals surface area (Å²) in [7, 11) is 0. The van der Waals surface area contributed by atoms with Gasteiger partial charge in [0.05, 0.1) is 12.5 Å². The summed E-state index contributed by atoms with van der Waals surface area (Å²) < 4.78 is 0. The van der Waals surface area contributed by atoms with Gasteiger partial charge in [-0.1, -0.05) is 74.0 Å². The fourth-order valence-electron chi connectivity index (χ4n) is 2.41. The van der Waals surface area contributed by atoms with E-state index in [0.717, 1.165) is 11.1 Å². The molecule has 1 atom stereocenters. The highest BCUT2D eigenvalue weighted by Gasteiger charge is 2.18. The number of amides is 1. The van der Waals surface area contributed by atoms with E-state index in [1.165, 1.54) is 5.56 Å². The van der Waals surface area contributed by atoms with E-state index in [0.29, 0.717) is 12.3 Å². The molecule has 2 heteroatoms. The van der Waals surface area contributed by atoms with Crippen LogP contribution in [0.5, 0.6) is 0 Å². The summed E-state index contributed by atoms with van der Waals surface area (Å²) in [6.07, 6.45) is 0.427. The lowest BCUT2D eigenvalue weighted by atomic mass is 9.95. The summed E-state index contributed by atoms with van der Waals surface area (Å²) in [5, 5.41) is 3.16. The van der Waals surface area contributed by atoms with Gasteiger partial charge in [0.15, 0.2) is 0 Å². The lowest BCUT2D eigenvalue weighted by Gasteiger charge is -2.23. The van der Waals surface area contributed by atoms with E-state index in [1.54, 1.807) is 0 Å². The van der Waals surface area contributed by atoms with Crippen molar-refractivity contribution in [3.05, 3.63) is 71.3 Å². The maximum atomic E-state index is 12.3. The monoisotopic (exact) mass is 281 g/mol. The van der Waals surface area contributed by atoms with Crippen molar-refractivity contribution in [2.75, 3.05) is 0 Å². The molecule has 0 spiro atoms. The Bertz CT molecular complexity index is 572. The van der Waals surface area contributed by atoms with E-state index in [9.17, 15) is 4.79 Å². The Hall–Kier alpha value is -2.09. The first-order chi connectivity index (χ1) is 10.1. The third kappa shape index (κ3) is 4.45. The third-order valence-corrected chi connectivity index (χ3v) is 3.63. The Morgan fingerprint density at radius 2 is 1.62 bits per heavy atom. The Kier molecular flexibility index (Phi) is 5.15. The van der Waals surface area contributed by atoms with Crippen molar-refractivity contribution in [2.45, 2.75) is 33.2 Å². The first kappa shape index (κ1) is 15.3. The SMILES string of the molecule is Cc1ccc(CC(=O)NC(c2ccccc2)C(C)C)cc1. The van der Waals surface area contributed by atoms with Gasteiger partial charge in [-0.25, -0.2) is 0 Å². The van der Waals surface area contributed by atoms with E-state index >= 15 is 0 Å². The highest BCUT2D eigenvalue weighted by Crippen LogP contribution is 2.21. The van der Waals surface area contributed by atoms with Crippen LogP contribution in [0.15, 0.2) is 54.6 Å². The number of hydrogen-bond donors (Lipinski definition) is 1. The van der Waals surface area contributed by atoms with Crippen LogP contribution in [-0.2, 0) is 11.2 Å². The molecule has 0 saturated heterocycles. The van der Waals surface area contributed by atoms with Crippen LogP contribution in [0.4, 0.5) is 0 Å². The lowest BCUT2D eigenvalue weighted by molar-refractivity contribution is -0.121. The molecule has 0 aliphatic heterocycles. The van der Waals surface area contributed by atoms with Gasteiger partial charge in [-0.3, -0.25) is 4.79 Å². The predicted molar refractivity (Wildman–Crippen MR) is 87.0 cm³/mol. The van der Waals surface area contributed by atoms with Gasteiger partial charge in [0.2, 0.25) is 5.91 Å². The average Bonchev–Trinajstić information content (AvgIpc) is 2.48. The highest BCUT2D eigenvalue weighted by atomic mass is 16.1. The molecule has 0 bridgehead atoms. The van der Waals surface area contributed by atoms with Gasteiger partial charge in [0.25, 0.3) is 0 Å². The van der Waals surface area contributed by atoms with Crippen molar-refractivity contribution in [2.24, 2.45) is 5.92 Å². The zero-order chi connectivity index (χ0) is 15.2. The van der Waals surface area contributed by atoms with Crippen LogP contribution in [0.25, 0.3) is 0 Å². The van der Waals surface area contributed by atoms with Crippen LogP contribution < -0.4 is 5.32 Å². The molecular formula is C19H23NO. The van der Waals surface area contributed by atoms with Crippen molar-refractivity contribution in [1.29, 1.82) is 0 Å². The summed E-state index contributed by atoms with van der Waals surface area (Å²) in [6.45, 7) is 6.31. The molecule has 2 aromatic rings. The van der Waals surface area contributed by atoms with Crippen molar-refractivity contribution in [3.63, 3.8) is 0 Å². The van der Waals surface area contributed by atoms with Gasteiger partial charge in [0.1, 0.15) is 0 Å². The van der Waals surface area contributed by atoms with Crippen LogP contribution in [-0.4, -0.2) is 5.91 Å².